The molecule has 0 fully saturated rings. The van der Waals surface area contributed by atoms with E-state index < -0.39 is 11.1 Å². The lowest BCUT2D eigenvalue weighted by Gasteiger charge is -2.26. The van der Waals surface area contributed by atoms with Gasteiger partial charge in [-0.15, -0.1) is 0 Å². The highest BCUT2D eigenvalue weighted by atomic mass is 35.5. The summed E-state index contributed by atoms with van der Waals surface area (Å²) in [6.07, 6.45) is 0. The van der Waals surface area contributed by atoms with Gasteiger partial charge in [0.25, 0.3) is 0 Å². The van der Waals surface area contributed by atoms with E-state index in [2.05, 4.69) is 0 Å². The Morgan fingerprint density at radius 2 is 1.69 bits per heavy atom. The standard InChI is InChI=1S/C25H23ClFNO/c1-16-6-5-7-20(14-16)28-22-13-12-19(26)15-21(22)25(4,23(28)29)18-10-8-17(9-11-18)24(2,3)27/h5-15H,1-4H3. The molecular formula is C25H23ClFNO. The van der Waals surface area contributed by atoms with E-state index in [-0.39, 0.29) is 5.91 Å². The van der Waals surface area contributed by atoms with Gasteiger partial charge in [-0.3, -0.25) is 9.69 Å². The van der Waals surface area contributed by atoms with E-state index in [1.165, 1.54) is 13.8 Å². The van der Waals surface area contributed by atoms with Crippen molar-refractivity contribution in [2.24, 2.45) is 0 Å². The molecule has 0 aliphatic carbocycles. The Hall–Kier alpha value is -2.65. The van der Waals surface area contributed by atoms with E-state index in [0.29, 0.717) is 10.6 Å². The van der Waals surface area contributed by atoms with Crippen molar-refractivity contribution in [3.05, 3.63) is 94.0 Å². The van der Waals surface area contributed by atoms with Crippen LogP contribution in [0.2, 0.25) is 5.02 Å². The van der Waals surface area contributed by atoms with Crippen molar-refractivity contribution in [2.45, 2.75) is 38.8 Å². The number of hydrogen-bond acceptors (Lipinski definition) is 1. The number of hydrogen-bond donors (Lipinski definition) is 0. The van der Waals surface area contributed by atoms with Crippen LogP contribution in [0, 0.1) is 6.92 Å². The Labute approximate surface area is 175 Å². The Morgan fingerprint density at radius 1 is 1.00 bits per heavy atom. The van der Waals surface area contributed by atoms with Gasteiger partial charge in [0.2, 0.25) is 5.91 Å². The van der Waals surface area contributed by atoms with Gasteiger partial charge in [0.05, 0.1) is 11.1 Å². The smallest absolute Gasteiger partial charge is 0.246 e. The van der Waals surface area contributed by atoms with Crippen molar-refractivity contribution in [3.8, 4) is 0 Å². The molecule has 1 aliphatic rings. The second-order valence-corrected chi connectivity index (χ2v) is 8.75. The molecule has 0 saturated heterocycles. The summed E-state index contributed by atoms with van der Waals surface area (Å²) in [7, 11) is 0. The molecule has 1 unspecified atom stereocenters. The molecular weight excluding hydrogens is 385 g/mol. The fourth-order valence-corrected chi connectivity index (χ4v) is 4.23. The van der Waals surface area contributed by atoms with Crippen molar-refractivity contribution < 1.29 is 9.18 Å². The van der Waals surface area contributed by atoms with Crippen molar-refractivity contribution in [1.82, 2.24) is 0 Å². The van der Waals surface area contributed by atoms with Crippen LogP contribution in [0.25, 0.3) is 0 Å². The van der Waals surface area contributed by atoms with Gasteiger partial charge in [0.1, 0.15) is 5.67 Å². The minimum Gasteiger partial charge on any atom is -0.280 e. The van der Waals surface area contributed by atoms with Crippen LogP contribution in [0.5, 0.6) is 0 Å². The maximum absolute atomic E-state index is 14.3. The Bertz CT molecular complexity index is 1100. The molecule has 0 aromatic heterocycles. The predicted molar refractivity (Wildman–Crippen MR) is 117 cm³/mol. The zero-order chi connectivity index (χ0) is 21.0. The Balaban J connectivity index is 1.90. The average Bonchev–Trinajstić information content (AvgIpc) is 2.89. The molecule has 3 aromatic rings. The summed E-state index contributed by atoms with van der Waals surface area (Å²) in [5, 5.41) is 0.579. The number of carbonyl (C=O) groups is 1. The first-order valence-electron chi connectivity index (χ1n) is 9.63. The minimum atomic E-state index is -1.44. The van der Waals surface area contributed by atoms with Gasteiger partial charge in [0.15, 0.2) is 0 Å². The number of aryl methyl sites for hydroxylation is 1. The highest BCUT2D eigenvalue weighted by molar-refractivity contribution is 6.31. The molecule has 1 aliphatic heterocycles. The molecule has 0 N–H and O–H groups in total. The molecule has 2 nitrogen and oxygen atoms in total. The van der Waals surface area contributed by atoms with Crippen LogP contribution in [0.3, 0.4) is 0 Å². The number of amides is 1. The van der Waals surface area contributed by atoms with Gasteiger partial charge in [-0.1, -0.05) is 48.0 Å². The monoisotopic (exact) mass is 407 g/mol. The van der Waals surface area contributed by atoms with Gasteiger partial charge in [-0.25, -0.2) is 4.39 Å². The molecule has 0 spiro atoms. The van der Waals surface area contributed by atoms with E-state index in [9.17, 15) is 9.18 Å². The van der Waals surface area contributed by atoms with Gasteiger partial charge in [-0.05, 0) is 80.3 Å². The lowest BCUT2D eigenvalue weighted by molar-refractivity contribution is -0.120. The second-order valence-electron chi connectivity index (χ2n) is 8.32. The molecule has 3 aromatic carbocycles. The number of benzene rings is 3. The first kappa shape index (κ1) is 19.7. The first-order valence-corrected chi connectivity index (χ1v) is 10.0. The fraction of sp³-hybridized carbons (Fsp3) is 0.240. The zero-order valence-corrected chi connectivity index (χ0v) is 17.7. The molecule has 148 valence electrons. The molecule has 1 heterocycles. The van der Waals surface area contributed by atoms with Crippen LogP contribution in [0.4, 0.5) is 15.8 Å². The van der Waals surface area contributed by atoms with E-state index in [4.69, 9.17) is 11.6 Å². The summed E-state index contributed by atoms with van der Waals surface area (Å²) in [5.74, 6) is -0.0485. The van der Waals surface area contributed by atoms with E-state index >= 15 is 0 Å². The lowest BCUT2D eigenvalue weighted by Crippen LogP contribution is -2.36. The topological polar surface area (TPSA) is 20.3 Å². The summed E-state index contributed by atoms with van der Waals surface area (Å²) in [6, 6.07) is 20.6. The number of anilines is 2. The fourth-order valence-electron chi connectivity index (χ4n) is 4.05. The molecule has 0 bridgehead atoms. The van der Waals surface area contributed by atoms with Crippen LogP contribution in [-0.2, 0) is 15.9 Å². The number of carbonyl (C=O) groups excluding carboxylic acids is 1. The third-order valence-electron chi connectivity index (χ3n) is 5.78. The average molecular weight is 408 g/mol. The molecule has 1 atom stereocenters. The Kier molecular flexibility index (Phi) is 4.54. The zero-order valence-electron chi connectivity index (χ0n) is 17.0. The quantitative estimate of drug-likeness (QED) is 0.465. The van der Waals surface area contributed by atoms with Crippen LogP contribution < -0.4 is 4.90 Å². The SMILES string of the molecule is Cc1cccc(N2C(=O)C(C)(c3ccc(C(C)(C)F)cc3)c3cc(Cl)ccc32)c1. The molecule has 0 radical (unpaired) electrons. The van der Waals surface area contributed by atoms with Gasteiger partial charge >= 0.3 is 0 Å². The summed E-state index contributed by atoms with van der Waals surface area (Å²) in [4.78, 5) is 15.6. The Morgan fingerprint density at radius 3 is 2.31 bits per heavy atom. The summed E-state index contributed by atoms with van der Waals surface area (Å²) in [6.45, 7) is 6.97. The maximum atomic E-state index is 14.3. The number of nitrogens with zero attached hydrogens (tertiary/aromatic N) is 1. The summed E-state index contributed by atoms with van der Waals surface area (Å²) < 4.78 is 14.3. The molecule has 1 amide bonds. The van der Waals surface area contributed by atoms with Crippen LogP contribution in [-0.4, -0.2) is 5.91 Å². The molecule has 4 rings (SSSR count). The number of halogens is 2. The highest BCUT2D eigenvalue weighted by Gasteiger charge is 2.49. The van der Waals surface area contributed by atoms with Crippen molar-refractivity contribution in [2.75, 3.05) is 4.90 Å². The maximum Gasteiger partial charge on any atom is 0.246 e. The van der Waals surface area contributed by atoms with Crippen molar-refractivity contribution >= 4 is 28.9 Å². The van der Waals surface area contributed by atoms with Crippen LogP contribution in [0.1, 0.15) is 43.0 Å². The summed E-state index contributed by atoms with van der Waals surface area (Å²) >= 11 is 6.31. The third-order valence-corrected chi connectivity index (χ3v) is 6.01. The number of rotatable bonds is 3. The largest absolute Gasteiger partial charge is 0.280 e. The van der Waals surface area contributed by atoms with Crippen LogP contribution >= 0.6 is 11.6 Å². The van der Waals surface area contributed by atoms with Crippen molar-refractivity contribution in [3.63, 3.8) is 0 Å². The number of fused-ring (bicyclic) bond motifs is 1. The lowest BCUT2D eigenvalue weighted by atomic mass is 9.76. The first-order chi connectivity index (χ1) is 13.6. The van der Waals surface area contributed by atoms with E-state index in [1.54, 1.807) is 23.1 Å². The predicted octanol–water partition coefficient (Wildman–Crippen LogP) is 6.84. The highest BCUT2D eigenvalue weighted by Crippen LogP contribution is 2.50. The second kappa shape index (κ2) is 6.70. The van der Waals surface area contributed by atoms with Crippen molar-refractivity contribution in [1.29, 1.82) is 0 Å². The van der Waals surface area contributed by atoms with E-state index in [1.807, 2.05) is 62.4 Å². The molecule has 4 heteroatoms. The van der Waals surface area contributed by atoms with Gasteiger partial charge in [0, 0.05) is 10.7 Å². The summed E-state index contributed by atoms with van der Waals surface area (Å²) in [5.41, 5.74) is 2.62. The normalized spacial score (nSPS) is 18.8. The van der Waals surface area contributed by atoms with Crippen LogP contribution in [0.15, 0.2) is 66.7 Å². The third kappa shape index (κ3) is 3.14. The molecule has 29 heavy (non-hydrogen) atoms. The molecule has 0 saturated carbocycles. The van der Waals surface area contributed by atoms with Gasteiger partial charge < -0.3 is 0 Å². The van der Waals surface area contributed by atoms with Gasteiger partial charge in [-0.2, -0.15) is 0 Å². The van der Waals surface area contributed by atoms with E-state index in [0.717, 1.165) is 28.1 Å². The minimum absolute atomic E-state index is 0.0485. The number of alkyl halides is 1.